The minimum atomic E-state index is -0.380. The third kappa shape index (κ3) is 2.18. The van der Waals surface area contributed by atoms with Crippen LogP contribution in [0.4, 0.5) is 0 Å². The molecule has 5 heteroatoms. The van der Waals surface area contributed by atoms with Gasteiger partial charge in [0.05, 0.1) is 5.54 Å². The molecule has 2 aromatic carbocycles. The van der Waals surface area contributed by atoms with Crippen LogP contribution in [0.25, 0.3) is 22.6 Å². The third-order valence-electron chi connectivity index (χ3n) is 5.16. The van der Waals surface area contributed by atoms with Crippen molar-refractivity contribution in [1.82, 2.24) is 10.1 Å². The molecule has 2 N–H and O–H groups in total. The molecule has 0 amide bonds. The molecule has 1 fully saturated rings. The van der Waals surface area contributed by atoms with E-state index < -0.39 is 0 Å². The van der Waals surface area contributed by atoms with Crippen molar-refractivity contribution in [3.8, 4) is 22.6 Å². The highest BCUT2D eigenvalue weighted by Crippen LogP contribution is 2.40. The molecule has 2 aliphatic carbocycles. The lowest BCUT2D eigenvalue weighted by molar-refractivity contribution is 0.229. The summed E-state index contributed by atoms with van der Waals surface area (Å²) >= 11 is 0. The third-order valence-corrected chi connectivity index (χ3v) is 5.16. The lowest BCUT2D eigenvalue weighted by Crippen LogP contribution is -2.44. The number of halogens is 1. The van der Waals surface area contributed by atoms with Gasteiger partial charge in [0.1, 0.15) is 0 Å². The van der Waals surface area contributed by atoms with E-state index in [9.17, 15) is 0 Å². The molecule has 5 rings (SSSR count). The van der Waals surface area contributed by atoms with Gasteiger partial charge in [-0.15, -0.1) is 12.4 Å². The number of nitrogens with two attached hydrogens (primary N) is 1. The van der Waals surface area contributed by atoms with E-state index in [1.165, 1.54) is 22.3 Å². The fourth-order valence-corrected chi connectivity index (χ4v) is 3.60. The number of nitrogens with zero attached hydrogens (tertiary/aromatic N) is 2. The minimum Gasteiger partial charge on any atom is -0.334 e. The monoisotopic (exact) mass is 339 g/mol. The molecule has 1 heterocycles. The van der Waals surface area contributed by atoms with Gasteiger partial charge < -0.3 is 10.3 Å². The number of hydrogen-bond donors (Lipinski definition) is 1. The average molecular weight is 340 g/mol. The lowest BCUT2D eigenvalue weighted by atomic mass is 9.77. The van der Waals surface area contributed by atoms with Crippen LogP contribution in [0.2, 0.25) is 0 Å². The molecule has 0 bridgehead atoms. The van der Waals surface area contributed by atoms with Crippen molar-refractivity contribution >= 4 is 12.4 Å². The van der Waals surface area contributed by atoms with Crippen LogP contribution in [-0.4, -0.2) is 10.1 Å². The first-order valence-corrected chi connectivity index (χ1v) is 8.08. The van der Waals surface area contributed by atoms with Crippen molar-refractivity contribution in [2.24, 2.45) is 5.73 Å². The molecule has 4 nitrogen and oxygen atoms in total. The summed E-state index contributed by atoms with van der Waals surface area (Å²) in [5, 5.41) is 4.11. The van der Waals surface area contributed by atoms with Crippen LogP contribution < -0.4 is 5.73 Å². The summed E-state index contributed by atoms with van der Waals surface area (Å²) in [4.78, 5) is 4.55. The smallest absolute Gasteiger partial charge is 0.258 e. The van der Waals surface area contributed by atoms with Crippen LogP contribution in [0, 0.1) is 0 Å². The van der Waals surface area contributed by atoms with Crippen molar-refractivity contribution in [3.63, 3.8) is 0 Å². The minimum absolute atomic E-state index is 0. The fourth-order valence-electron chi connectivity index (χ4n) is 3.60. The highest BCUT2D eigenvalue weighted by Gasteiger charge is 2.39. The zero-order valence-corrected chi connectivity index (χ0v) is 14.0. The molecular weight excluding hydrogens is 322 g/mol. The van der Waals surface area contributed by atoms with Crippen LogP contribution in [0.15, 0.2) is 47.0 Å². The molecule has 1 aromatic heterocycles. The van der Waals surface area contributed by atoms with Gasteiger partial charge in [-0.3, -0.25) is 0 Å². The van der Waals surface area contributed by atoms with Gasteiger partial charge >= 0.3 is 0 Å². The average Bonchev–Trinajstić information content (AvgIpc) is 3.16. The van der Waals surface area contributed by atoms with E-state index in [-0.39, 0.29) is 17.9 Å². The van der Waals surface area contributed by atoms with Crippen LogP contribution >= 0.6 is 12.4 Å². The molecule has 0 saturated heterocycles. The number of fused-ring (bicyclic) bond motifs is 3. The lowest BCUT2D eigenvalue weighted by Gasteiger charge is -2.34. The van der Waals surface area contributed by atoms with Crippen molar-refractivity contribution in [1.29, 1.82) is 0 Å². The van der Waals surface area contributed by atoms with Gasteiger partial charge in [0.25, 0.3) is 5.89 Å². The second-order valence-electron chi connectivity index (χ2n) is 6.64. The normalized spacial score (nSPS) is 16.7. The van der Waals surface area contributed by atoms with Gasteiger partial charge in [-0.05, 0) is 60.1 Å². The predicted octanol–water partition coefficient (Wildman–Crippen LogP) is 4.07. The molecule has 24 heavy (non-hydrogen) atoms. The van der Waals surface area contributed by atoms with Crippen LogP contribution in [0.1, 0.15) is 36.2 Å². The largest absolute Gasteiger partial charge is 0.334 e. The molecule has 0 aliphatic heterocycles. The molecular formula is C19H18ClN3O. The van der Waals surface area contributed by atoms with E-state index in [2.05, 4.69) is 52.6 Å². The Balaban J connectivity index is 0.00000146. The number of hydrogen-bond acceptors (Lipinski definition) is 4. The molecule has 0 unspecified atom stereocenters. The first-order valence-electron chi connectivity index (χ1n) is 8.08. The van der Waals surface area contributed by atoms with E-state index in [0.717, 1.165) is 31.2 Å². The summed E-state index contributed by atoms with van der Waals surface area (Å²) in [7, 11) is 0. The molecule has 1 saturated carbocycles. The Bertz CT molecular complexity index is 914. The van der Waals surface area contributed by atoms with E-state index in [0.29, 0.717) is 11.7 Å². The topological polar surface area (TPSA) is 64.9 Å². The van der Waals surface area contributed by atoms with Crippen molar-refractivity contribution in [2.75, 3.05) is 0 Å². The molecule has 0 spiro atoms. The Kier molecular flexibility index (Phi) is 3.48. The molecule has 0 radical (unpaired) electrons. The summed E-state index contributed by atoms with van der Waals surface area (Å²) in [6.45, 7) is 0. The van der Waals surface area contributed by atoms with Gasteiger partial charge in [0, 0.05) is 5.56 Å². The predicted molar refractivity (Wildman–Crippen MR) is 94.9 cm³/mol. The Labute approximate surface area is 146 Å². The molecule has 3 aromatic rings. The van der Waals surface area contributed by atoms with E-state index in [4.69, 9.17) is 10.3 Å². The number of rotatable bonds is 2. The summed E-state index contributed by atoms with van der Waals surface area (Å²) in [5.41, 5.74) is 12.2. The first-order chi connectivity index (χ1) is 11.2. The van der Waals surface area contributed by atoms with E-state index in [1.807, 2.05) is 0 Å². The standard InChI is InChI=1S/C19H17N3O.ClH/c20-19(8-3-9-19)18-21-17(23-22-18)13-6-7-16-14(11-13)10-12-4-1-2-5-15(12)16;/h1-2,4-7,11H,3,8-10,20H2;1H. The SMILES string of the molecule is Cl.NC1(c2noc(-c3ccc4c(c3)Cc3ccccc3-4)n2)CCC1. The highest BCUT2D eigenvalue weighted by molar-refractivity contribution is 5.85. The van der Waals surface area contributed by atoms with Crippen molar-refractivity contribution in [2.45, 2.75) is 31.2 Å². The van der Waals surface area contributed by atoms with Crippen LogP contribution in [0.3, 0.4) is 0 Å². The second kappa shape index (κ2) is 5.43. The zero-order chi connectivity index (χ0) is 15.4. The maximum Gasteiger partial charge on any atom is 0.258 e. The first kappa shape index (κ1) is 15.4. The Morgan fingerprint density at radius 1 is 1.00 bits per heavy atom. The number of benzene rings is 2. The Morgan fingerprint density at radius 3 is 2.58 bits per heavy atom. The van der Waals surface area contributed by atoms with Crippen LogP contribution in [0.5, 0.6) is 0 Å². The number of aromatic nitrogens is 2. The summed E-state index contributed by atoms with van der Waals surface area (Å²) in [6.07, 6.45) is 3.97. The summed E-state index contributed by atoms with van der Waals surface area (Å²) < 4.78 is 5.47. The Morgan fingerprint density at radius 2 is 1.79 bits per heavy atom. The van der Waals surface area contributed by atoms with Gasteiger partial charge in [-0.1, -0.05) is 35.5 Å². The summed E-state index contributed by atoms with van der Waals surface area (Å²) in [6, 6.07) is 14.9. The van der Waals surface area contributed by atoms with Crippen molar-refractivity contribution < 1.29 is 4.52 Å². The highest BCUT2D eigenvalue weighted by atomic mass is 35.5. The second-order valence-corrected chi connectivity index (χ2v) is 6.64. The van der Waals surface area contributed by atoms with E-state index >= 15 is 0 Å². The van der Waals surface area contributed by atoms with Gasteiger partial charge in [0.15, 0.2) is 5.82 Å². The van der Waals surface area contributed by atoms with Crippen molar-refractivity contribution in [3.05, 3.63) is 59.4 Å². The molecule has 0 atom stereocenters. The van der Waals surface area contributed by atoms with Gasteiger partial charge in [-0.25, -0.2) is 0 Å². The molecule has 122 valence electrons. The van der Waals surface area contributed by atoms with E-state index in [1.54, 1.807) is 0 Å². The maximum absolute atomic E-state index is 6.28. The summed E-state index contributed by atoms with van der Waals surface area (Å²) in [5.74, 6) is 1.21. The van der Waals surface area contributed by atoms with Gasteiger partial charge in [0.2, 0.25) is 0 Å². The fraction of sp³-hybridized carbons (Fsp3) is 0.263. The Hall–Kier alpha value is -2.17. The van der Waals surface area contributed by atoms with Crippen LogP contribution in [-0.2, 0) is 12.0 Å². The zero-order valence-electron chi connectivity index (χ0n) is 13.2. The quantitative estimate of drug-likeness (QED) is 0.598. The molecule has 2 aliphatic rings. The van der Waals surface area contributed by atoms with Gasteiger partial charge in [-0.2, -0.15) is 4.98 Å². The maximum atomic E-state index is 6.28.